The first kappa shape index (κ1) is 16.2. The van der Waals surface area contributed by atoms with Gasteiger partial charge in [0.05, 0.1) is 6.42 Å². The number of carbonyl (C=O) groups excluding carboxylic acids is 1. The van der Waals surface area contributed by atoms with Crippen molar-refractivity contribution in [2.45, 2.75) is 13.0 Å². The lowest BCUT2D eigenvalue weighted by Crippen LogP contribution is -2.27. The molecule has 0 aromatic heterocycles. The molecule has 0 aliphatic rings. The molecular formula is C14H14FN3O3. The molecule has 0 heterocycles. The number of aliphatic carboxylic acids is 1. The van der Waals surface area contributed by atoms with E-state index in [-0.39, 0.29) is 30.9 Å². The summed E-state index contributed by atoms with van der Waals surface area (Å²) in [6.07, 6.45) is 0.988. The third-order valence-electron chi connectivity index (χ3n) is 2.43. The summed E-state index contributed by atoms with van der Waals surface area (Å²) >= 11 is 0. The van der Waals surface area contributed by atoms with E-state index >= 15 is 0 Å². The highest BCUT2D eigenvalue weighted by molar-refractivity contribution is 5.97. The van der Waals surface area contributed by atoms with Crippen molar-refractivity contribution in [2.75, 3.05) is 6.54 Å². The van der Waals surface area contributed by atoms with Crippen molar-refractivity contribution in [2.24, 2.45) is 0 Å². The zero-order valence-electron chi connectivity index (χ0n) is 11.1. The van der Waals surface area contributed by atoms with Crippen LogP contribution in [0, 0.1) is 17.1 Å². The van der Waals surface area contributed by atoms with Crippen LogP contribution in [0.25, 0.3) is 0 Å². The number of hydrogen-bond donors (Lipinski definition) is 3. The van der Waals surface area contributed by atoms with Crippen molar-refractivity contribution >= 4 is 11.9 Å². The first-order chi connectivity index (χ1) is 10.0. The summed E-state index contributed by atoms with van der Waals surface area (Å²) in [5, 5.41) is 22.3. The van der Waals surface area contributed by atoms with Gasteiger partial charge in [-0.2, -0.15) is 5.26 Å². The van der Waals surface area contributed by atoms with Crippen molar-refractivity contribution in [3.63, 3.8) is 0 Å². The SMILES string of the molecule is N#C/C(=C/NCc1cccc(F)c1)C(=O)NCCC(=O)O. The quantitative estimate of drug-likeness (QED) is 0.512. The van der Waals surface area contributed by atoms with Crippen LogP contribution in [-0.2, 0) is 16.1 Å². The molecule has 1 rings (SSSR count). The average Bonchev–Trinajstić information content (AvgIpc) is 2.43. The van der Waals surface area contributed by atoms with Gasteiger partial charge in [-0.1, -0.05) is 12.1 Å². The van der Waals surface area contributed by atoms with Crippen LogP contribution in [-0.4, -0.2) is 23.5 Å². The van der Waals surface area contributed by atoms with E-state index in [9.17, 15) is 14.0 Å². The first-order valence-corrected chi connectivity index (χ1v) is 6.11. The Balaban J connectivity index is 2.50. The molecule has 0 spiro atoms. The summed E-state index contributed by atoms with van der Waals surface area (Å²) in [6.45, 7) is 0.197. The number of benzene rings is 1. The molecule has 6 nitrogen and oxygen atoms in total. The lowest BCUT2D eigenvalue weighted by molar-refractivity contribution is -0.136. The Morgan fingerprint density at radius 3 is 2.81 bits per heavy atom. The number of nitriles is 1. The van der Waals surface area contributed by atoms with Crippen LogP contribution in [0.3, 0.4) is 0 Å². The number of nitrogens with zero attached hydrogens (tertiary/aromatic N) is 1. The molecule has 110 valence electrons. The van der Waals surface area contributed by atoms with Crippen LogP contribution >= 0.6 is 0 Å². The van der Waals surface area contributed by atoms with Crippen molar-refractivity contribution in [3.05, 3.63) is 47.4 Å². The van der Waals surface area contributed by atoms with Gasteiger partial charge in [0.2, 0.25) is 0 Å². The van der Waals surface area contributed by atoms with Crippen LogP contribution in [0.5, 0.6) is 0 Å². The maximum atomic E-state index is 12.9. The van der Waals surface area contributed by atoms with Crippen molar-refractivity contribution in [3.8, 4) is 6.07 Å². The van der Waals surface area contributed by atoms with Gasteiger partial charge in [-0.05, 0) is 17.7 Å². The van der Waals surface area contributed by atoms with Gasteiger partial charge in [0, 0.05) is 19.3 Å². The number of rotatable bonds is 7. The Bertz CT molecular complexity index is 593. The Kier molecular flexibility index (Phi) is 6.41. The van der Waals surface area contributed by atoms with Gasteiger partial charge in [0.1, 0.15) is 17.5 Å². The van der Waals surface area contributed by atoms with Crippen LogP contribution < -0.4 is 10.6 Å². The minimum atomic E-state index is -1.04. The predicted octanol–water partition coefficient (Wildman–Crippen LogP) is 0.914. The molecule has 0 aliphatic heterocycles. The fraction of sp³-hybridized carbons (Fsp3) is 0.214. The fourth-order valence-electron chi connectivity index (χ4n) is 1.44. The molecule has 0 aliphatic carbocycles. The predicted molar refractivity (Wildman–Crippen MR) is 72.2 cm³/mol. The molecule has 21 heavy (non-hydrogen) atoms. The molecule has 0 saturated carbocycles. The minimum absolute atomic E-state index is 0.0584. The number of hydrogen-bond acceptors (Lipinski definition) is 4. The summed E-state index contributed by atoms with van der Waals surface area (Å²) in [6, 6.07) is 7.60. The van der Waals surface area contributed by atoms with E-state index in [1.807, 2.05) is 0 Å². The molecular weight excluding hydrogens is 277 g/mol. The molecule has 0 radical (unpaired) electrons. The largest absolute Gasteiger partial charge is 0.481 e. The Morgan fingerprint density at radius 1 is 1.43 bits per heavy atom. The van der Waals surface area contributed by atoms with Gasteiger partial charge in [0.15, 0.2) is 0 Å². The van der Waals surface area contributed by atoms with Crippen LogP contribution in [0.15, 0.2) is 36.0 Å². The number of nitrogens with one attached hydrogen (secondary N) is 2. The van der Waals surface area contributed by atoms with Gasteiger partial charge in [-0.3, -0.25) is 9.59 Å². The van der Waals surface area contributed by atoms with Gasteiger partial charge in [-0.25, -0.2) is 4.39 Å². The molecule has 1 amide bonds. The Hall–Kier alpha value is -2.88. The third-order valence-corrected chi connectivity index (χ3v) is 2.43. The van der Waals surface area contributed by atoms with Crippen molar-refractivity contribution in [1.82, 2.24) is 10.6 Å². The average molecular weight is 291 g/mol. The van der Waals surface area contributed by atoms with E-state index in [1.165, 1.54) is 18.3 Å². The Labute approximate surface area is 120 Å². The standard InChI is InChI=1S/C14H14FN3O3/c15-12-3-1-2-10(6-12)8-17-9-11(7-16)14(21)18-5-4-13(19)20/h1-3,6,9,17H,4-5,8H2,(H,18,21)(H,19,20)/b11-9-. The highest BCUT2D eigenvalue weighted by atomic mass is 19.1. The number of carboxylic acid groups (broad SMARTS) is 1. The third kappa shape index (κ3) is 6.20. The second-order valence-electron chi connectivity index (χ2n) is 4.08. The van der Waals surface area contributed by atoms with E-state index in [2.05, 4.69) is 10.6 Å². The minimum Gasteiger partial charge on any atom is -0.481 e. The molecule has 0 atom stereocenters. The van der Waals surface area contributed by atoms with E-state index in [0.29, 0.717) is 5.56 Å². The first-order valence-electron chi connectivity index (χ1n) is 6.11. The van der Waals surface area contributed by atoms with Crippen molar-refractivity contribution in [1.29, 1.82) is 5.26 Å². The number of carbonyl (C=O) groups is 2. The van der Waals surface area contributed by atoms with Gasteiger partial charge in [-0.15, -0.1) is 0 Å². The maximum absolute atomic E-state index is 12.9. The monoisotopic (exact) mass is 291 g/mol. The second-order valence-corrected chi connectivity index (χ2v) is 4.08. The molecule has 0 unspecified atom stereocenters. The summed E-state index contributed by atoms with van der Waals surface area (Å²) in [7, 11) is 0. The van der Waals surface area contributed by atoms with Gasteiger partial charge >= 0.3 is 5.97 Å². The van der Waals surface area contributed by atoms with E-state index in [0.717, 1.165) is 0 Å². The normalized spacial score (nSPS) is 10.6. The molecule has 0 fully saturated rings. The lowest BCUT2D eigenvalue weighted by atomic mass is 10.2. The van der Waals surface area contributed by atoms with E-state index in [4.69, 9.17) is 10.4 Å². The zero-order chi connectivity index (χ0) is 15.7. The Morgan fingerprint density at radius 2 is 2.19 bits per heavy atom. The summed E-state index contributed by atoms with van der Waals surface area (Å²) in [5.41, 5.74) is 0.478. The molecule has 1 aromatic carbocycles. The smallest absolute Gasteiger partial charge is 0.305 e. The summed E-state index contributed by atoms with van der Waals surface area (Å²) < 4.78 is 12.9. The van der Waals surface area contributed by atoms with E-state index in [1.54, 1.807) is 18.2 Å². The van der Waals surface area contributed by atoms with Crippen LogP contribution in [0.4, 0.5) is 4.39 Å². The molecule has 1 aromatic rings. The molecule has 0 bridgehead atoms. The lowest BCUT2D eigenvalue weighted by Gasteiger charge is -2.04. The van der Waals surface area contributed by atoms with Gasteiger partial charge < -0.3 is 15.7 Å². The zero-order valence-corrected chi connectivity index (χ0v) is 11.1. The van der Waals surface area contributed by atoms with Crippen molar-refractivity contribution < 1.29 is 19.1 Å². The summed E-state index contributed by atoms with van der Waals surface area (Å²) in [5.74, 6) is -2.07. The topological polar surface area (TPSA) is 102 Å². The molecule has 7 heteroatoms. The summed E-state index contributed by atoms with van der Waals surface area (Å²) in [4.78, 5) is 21.9. The van der Waals surface area contributed by atoms with E-state index < -0.39 is 11.9 Å². The fourth-order valence-corrected chi connectivity index (χ4v) is 1.44. The highest BCUT2D eigenvalue weighted by Crippen LogP contribution is 2.03. The maximum Gasteiger partial charge on any atom is 0.305 e. The number of amides is 1. The molecule has 0 saturated heterocycles. The molecule has 3 N–H and O–H groups in total. The second kappa shape index (κ2) is 8.32. The number of halogens is 1. The number of carboxylic acids is 1. The highest BCUT2D eigenvalue weighted by Gasteiger charge is 2.08. The van der Waals surface area contributed by atoms with Crippen LogP contribution in [0.1, 0.15) is 12.0 Å². The van der Waals surface area contributed by atoms with Crippen LogP contribution in [0.2, 0.25) is 0 Å². The van der Waals surface area contributed by atoms with Gasteiger partial charge in [0.25, 0.3) is 5.91 Å².